The number of methoxy groups -OCH3 is 1. The lowest BCUT2D eigenvalue weighted by molar-refractivity contribution is 0.0953. The third-order valence-corrected chi connectivity index (χ3v) is 3.60. The van der Waals surface area contributed by atoms with Gasteiger partial charge in [0.15, 0.2) is 0 Å². The summed E-state index contributed by atoms with van der Waals surface area (Å²) in [4.78, 5) is 11.7. The van der Waals surface area contributed by atoms with Crippen molar-refractivity contribution in [3.8, 4) is 11.5 Å². The lowest BCUT2D eigenvalue weighted by atomic mass is 10.0. The molecule has 2 aromatic rings. The Kier molecular flexibility index (Phi) is 5.60. The summed E-state index contributed by atoms with van der Waals surface area (Å²) in [6, 6.07) is 13.0. The van der Waals surface area contributed by atoms with Gasteiger partial charge >= 0.3 is 0 Å². The van der Waals surface area contributed by atoms with Crippen LogP contribution in [0.5, 0.6) is 11.5 Å². The molecule has 3 N–H and O–H groups in total. The molecule has 0 aliphatic heterocycles. The zero-order valence-corrected chi connectivity index (χ0v) is 13.6. The summed E-state index contributed by atoms with van der Waals surface area (Å²) in [7, 11) is 1.59. The number of hydrogen-bond donors (Lipinski definition) is 2. The standard InChI is InChI=1S/C18H22N2O3/c1-12(2)15-6-4-5-7-17(15)23-11-14-10-13(18(21)20-19)8-9-16(14)22-3/h4-10,12H,11,19H2,1-3H3,(H,20,21). The van der Waals surface area contributed by atoms with E-state index in [1.54, 1.807) is 25.3 Å². The van der Waals surface area contributed by atoms with Crippen LogP contribution in [-0.4, -0.2) is 13.0 Å². The highest BCUT2D eigenvalue weighted by Crippen LogP contribution is 2.28. The fraction of sp³-hybridized carbons (Fsp3) is 0.278. The predicted molar refractivity (Wildman–Crippen MR) is 89.5 cm³/mol. The number of benzene rings is 2. The normalized spacial score (nSPS) is 10.5. The van der Waals surface area contributed by atoms with Crippen LogP contribution >= 0.6 is 0 Å². The first-order valence-corrected chi connectivity index (χ1v) is 7.46. The monoisotopic (exact) mass is 314 g/mol. The van der Waals surface area contributed by atoms with Gasteiger partial charge in [0, 0.05) is 11.1 Å². The van der Waals surface area contributed by atoms with Crippen LogP contribution in [0.2, 0.25) is 0 Å². The molecule has 0 saturated heterocycles. The summed E-state index contributed by atoms with van der Waals surface area (Å²) in [5.41, 5.74) is 4.51. The van der Waals surface area contributed by atoms with Gasteiger partial charge in [-0.25, -0.2) is 5.84 Å². The number of nitrogen functional groups attached to an aromatic ring is 1. The van der Waals surface area contributed by atoms with Gasteiger partial charge in [0.1, 0.15) is 18.1 Å². The number of nitrogens with one attached hydrogen (secondary N) is 1. The molecule has 122 valence electrons. The number of amides is 1. The number of hydrazine groups is 1. The fourth-order valence-electron chi connectivity index (χ4n) is 2.36. The van der Waals surface area contributed by atoms with E-state index >= 15 is 0 Å². The van der Waals surface area contributed by atoms with Crippen molar-refractivity contribution in [2.75, 3.05) is 7.11 Å². The van der Waals surface area contributed by atoms with E-state index in [-0.39, 0.29) is 5.91 Å². The third kappa shape index (κ3) is 4.02. The van der Waals surface area contributed by atoms with Gasteiger partial charge in [0.05, 0.1) is 7.11 Å². The minimum absolute atomic E-state index is 0.304. The molecular weight excluding hydrogens is 292 g/mol. The molecule has 0 saturated carbocycles. The second-order valence-electron chi connectivity index (χ2n) is 5.48. The number of para-hydroxylation sites is 1. The van der Waals surface area contributed by atoms with Crippen LogP contribution in [0.1, 0.15) is 41.3 Å². The predicted octanol–water partition coefficient (Wildman–Crippen LogP) is 3.00. The Labute approximate surface area is 136 Å². The number of hydrogen-bond acceptors (Lipinski definition) is 4. The molecule has 0 bridgehead atoms. The SMILES string of the molecule is COc1ccc(C(=O)NN)cc1COc1ccccc1C(C)C. The first kappa shape index (κ1) is 16.8. The van der Waals surface area contributed by atoms with E-state index in [1.165, 1.54) is 0 Å². The molecular formula is C18H22N2O3. The molecule has 0 radical (unpaired) electrons. The van der Waals surface area contributed by atoms with Crippen LogP contribution < -0.4 is 20.7 Å². The fourth-order valence-corrected chi connectivity index (χ4v) is 2.36. The second-order valence-corrected chi connectivity index (χ2v) is 5.48. The average molecular weight is 314 g/mol. The Bertz CT molecular complexity index is 684. The first-order valence-electron chi connectivity index (χ1n) is 7.46. The maximum absolute atomic E-state index is 11.7. The van der Waals surface area contributed by atoms with Crippen LogP contribution in [-0.2, 0) is 6.61 Å². The number of carbonyl (C=O) groups excluding carboxylic acids is 1. The smallest absolute Gasteiger partial charge is 0.265 e. The molecule has 0 fully saturated rings. The van der Waals surface area contributed by atoms with Gasteiger partial charge < -0.3 is 9.47 Å². The van der Waals surface area contributed by atoms with Crippen molar-refractivity contribution < 1.29 is 14.3 Å². The summed E-state index contributed by atoms with van der Waals surface area (Å²) in [5.74, 6) is 6.69. The second kappa shape index (κ2) is 7.65. The van der Waals surface area contributed by atoms with Crippen molar-refractivity contribution in [1.82, 2.24) is 5.43 Å². The number of carbonyl (C=O) groups is 1. The summed E-state index contributed by atoms with van der Waals surface area (Å²) in [6.45, 7) is 4.54. The van der Waals surface area contributed by atoms with E-state index in [4.69, 9.17) is 15.3 Å². The highest BCUT2D eigenvalue weighted by molar-refractivity contribution is 5.94. The minimum atomic E-state index is -0.350. The van der Waals surface area contributed by atoms with Crippen molar-refractivity contribution in [2.24, 2.45) is 5.84 Å². The Morgan fingerprint density at radius 2 is 1.91 bits per heavy atom. The number of ether oxygens (including phenoxy) is 2. The highest BCUT2D eigenvalue weighted by atomic mass is 16.5. The van der Waals surface area contributed by atoms with E-state index in [0.29, 0.717) is 23.8 Å². The van der Waals surface area contributed by atoms with Gasteiger partial charge in [-0.2, -0.15) is 0 Å². The molecule has 0 atom stereocenters. The topological polar surface area (TPSA) is 73.6 Å². The molecule has 2 aromatic carbocycles. The van der Waals surface area contributed by atoms with Crippen molar-refractivity contribution >= 4 is 5.91 Å². The van der Waals surface area contributed by atoms with E-state index in [9.17, 15) is 4.79 Å². The quantitative estimate of drug-likeness (QED) is 0.488. The largest absolute Gasteiger partial charge is 0.496 e. The summed E-state index contributed by atoms with van der Waals surface area (Å²) >= 11 is 0. The number of rotatable bonds is 6. The number of nitrogens with two attached hydrogens (primary N) is 1. The maximum Gasteiger partial charge on any atom is 0.265 e. The van der Waals surface area contributed by atoms with Crippen molar-refractivity contribution in [1.29, 1.82) is 0 Å². The third-order valence-electron chi connectivity index (χ3n) is 3.60. The Morgan fingerprint density at radius 1 is 1.17 bits per heavy atom. The van der Waals surface area contributed by atoms with Crippen LogP contribution in [0, 0.1) is 0 Å². The van der Waals surface area contributed by atoms with E-state index < -0.39 is 0 Å². The van der Waals surface area contributed by atoms with Crippen molar-refractivity contribution in [3.05, 3.63) is 59.2 Å². The lowest BCUT2D eigenvalue weighted by Gasteiger charge is -2.15. The Hall–Kier alpha value is -2.53. The van der Waals surface area contributed by atoms with E-state index in [1.807, 2.05) is 18.2 Å². The van der Waals surface area contributed by atoms with Gasteiger partial charge in [-0.15, -0.1) is 0 Å². The summed E-state index contributed by atoms with van der Waals surface area (Å²) in [6.07, 6.45) is 0. The molecule has 0 spiro atoms. The molecule has 0 aromatic heterocycles. The van der Waals surface area contributed by atoms with Gasteiger partial charge in [-0.1, -0.05) is 32.0 Å². The molecule has 0 aliphatic rings. The van der Waals surface area contributed by atoms with Gasteiger partial charge in [0.25, 0.3) is 5.91 Å². The molecule has 2 rings (SSSR count). The average Bonchev–Trinajstić information content (AvgIpc) is 2.59. The summed E-state index contributed by atoms with van der Waals surface area (Å²) < 4.78 is 11.3. The van der Waals surface area contributed by atoms with E-state index in [2.05, 4.69) is 25.3 Å². The molecule has 1 amide bonds. The van der Waals surface area contributed by atoms with Gasteiger partial charge in [-0.3, -0.25) is 10.2 Å². The zero-order chi connectivity index (χ0) is 16.8. The van der Waals surface area contributed by atoms with Gasteiger partial charge in [0.2, 0.25) is 0 Å². The minimum Gasteiger partial charge on any atom is -0.496 e. The van der Waals surface area contributed by atoms with Crippen LogP contribution in [0.3, 0.4) is 0 Å². The lowest BCUT2D eigenvalue weighted by Crippen LogP contribution is -2.30. The van der Waals surface area contributed by atoms with Crippen molar-refractivity contribution in [3.63, 3.8) is 0 Å². The van der Waals surface area contributed by atoms with Crippen LogP contribution in [0.4, 0.5) is 0 Å². The molecule has 5 nitrogen and oxygen atoms in total. The van der Waals surface area contributed by atoms with Gasteiger partial charge in [-0.05, 0) is 35.7 Å². The highest BCUT2D eigenvalue weighted by Gasteiger charge is 2.12. The molecule has 5 heteroatoms. The Morgan fingerprint density at radius 3 is 2.57 bits per heavy atom. The van der Waals surface area contributed by atoms with Crippen LogP contribution in [0.25, 0.3) is 0 Å². The first-order chi connectivity index (χ1) is 11.1. The molecule has 0 unspecified atom stereocenters. The van der Waals surface area contributed by atoms with Crippen molar-refractivity contribution in [2.45, 2.75) is 26.4 Å². The zero-order valence-electron chi connectivity index (χ0n) is 13.6. The maximum atomic E-state index is 11.7. The summed E-state index contributed by atoms with van der Waals surface area (Å²) in [5, 5.41) is 0. The van der Waals surface area contributed by atoms with Crippen LogP contribution in [0.15, 0.2) is 42.5 Å². The molecule has 0 heterocycles. The molecule has 23 heavy (non-hydrogen) atoms. The Balaban J connectivity index is 2.24. The van der Waals surface area contributed by atoms with E-state index in [0.717, 1.165) is 16.9 Å². The molecule has 0 aliphatic carbocycles.